The largest absolute Gasteiger partial charge is 0.310 e. The summed E-state index contributed by atoms with van der Waals surface area (Å²) in [6.45, 7) is 4.52. The Morgan fingerprint density at radius 3 is 1.61 bits per heavy atom. The molecule has 10 aromatic carbocycles. The minimum absolute atomic E-state index is 1.13. The Kier molecular flexibility index (Phi) is 9.06. The van der Waals surface area contributed by atoms with E-state index in [0.29, 0.717) is 0 Å². The van der Waals surface area contributed by atoms with Crippen LogP contribution in [-0.2, 0) is 0 Å². The molecule has 0 spiro atoms. The molecule has 0 aliphatic heterocycles. The third-order valence-corrected chi connectivity index (χ3v) is 15.8. The van der Waals surface area contributed by atoms with Crippen LogP contribution in [0.5, 0.6) is 0 Å². The first kappa shape index (κ1) is 38.7. The van der Waals surface area contributed by atoms with Gasteiger partial charge in [-0.05, 0) is 131 Å². The van der Waals surface area contributed by atoms with Crippen LogP contribution in [0.1, 0.15) is 11.1 Å². The number of benzene rings is 10. The highest BCUT2D eigenvalue weighted by Gasteiger charge is 2.23. The summed E-state index contributed by atoms with van der Waals surface area (Å²) in [5.41, 5.74) is 16.9. The van der Waals surface area contributed by atoms with Crippen molar-refractivity contribution >= 4 is 102 Å². The third-order valence-electron chi connectivity index (χ3n) is 13.5. The standard InChI is InChI=1S/C62H42N2S2/c1-39-36-44(30-32-46(39)41-16-4-3-5-17-41)63(45-31-33-47(40(2)37-45)51-24-15-29-59-60(51)52-22-8-12-27-57(52)65-59)56-35-34-48(62-61(56)53-23-9-13-28-58(53)66-62)42-18-14-19-43(38-42)64-54-25-10-6-20-49(54)50-21-7-11-26-55(50)64/h3-38H,1-2H3. The van der Waals surface area contributed by atoms with Crippen LogP contribution in [0.15, 0.2) is 218 Å². The zero-order valence-corrected chi connectivity index (χ0v) is 38.1. The van der Waals surface area contributed by atoms with Crippen LogP contribution in [0.2, 0.25) is 0 Å². The van der Waals surface area contributed by atoms with Crippen molar-refractivity contribution in [3.05, 3.63) is 230 Å². The number of rotatable bonds is 7. The number of fused-ring (bicyclic) bond motifs is 9. The maximum absolute atomic E-state index is 2.50. The molecule has 2 nitrogen and oxygen atoms in total. The average Bonchev–Trinajstić information content (AvgIpc) is 4.05. The van der Waals surface area contributed by atoms with E-state index in [1.807, 2.05) is 22.7 Å². The monoisotopic (exact) mass is 878 g/mol. The van der Waals surface area contributed by atoms with Crippen LogP contribution in [0, 0.1) is 13.8 Å². The molecule has 13 rings (SSSR count). The number of anilines is 3. The molecule has 0 atom stereocenters. The third kappa shape index (κ3) is 6.14. The molecule has 66 heavy (non-hydrogen) atoms. The van der Waals surface area contributed by atoms with Crippen molar-refractivity contribution in [3.63, 3.8) is 0 Å². The highest BCUT2D eigenvalue weighted by molar-refractivity contribution is 7.26. The maximum atomic E-state index is 2.50. The quantitative estimate of drug-likeness (QED) is 0.155. The van der Waals surface area contributed by atoms with Crippen molar-refractivity contribution in [2.45, 2.75) is 13.8 Å². The van der Waals surface area contributed by atoms with Gasteiger partial charge in [-0.2, -0.15) is 0 Å². The van der Waals surface area contributed by atoms with Gasteiger partial charge in [-0.25, -0.2) is 0 Å². The fraction of sp³-hybridized carbons (Fsp3) is 0.0323. The molecule has 312 valence electrons. The van der Waals surface area contributed by atoms with E-state index in [-0.39, 0.29) is 0 Å². The van der Waals surface area contributed by atoms with Gasteiger partial charge >= 0.3 is 0 Å². The van der Waals surface area contributed by atoms with Gasteiger partial charge in [0, 0.05) is 68.2 Å². The van der Waals surface area contributed by atoms with E-state index < -0.39 is 0 Å². The average molecular weight is 879 g/mol. The van der Waals surface area contributed by atoms with Gasteiger partial charge in [0.2, 0.25) is 0 Å². The van der Waals surface area contributed by atoms with Gasteiger partial charge in [0.1, 0.15) is 0 Å². The molecule has 0 aliphatic carbocycles. The van der Waals surface area contributed by atoms with Gasteiger partial charge in [0.15, 0.2) is 0 Å². The highest BCUT2D eigenvalue weighted by Crippen LogP contribution is 2.50. The lowest BCUT2D eigenvalue weighted by Gasteiger charge is -2.28. The van der Waals surface area contributed by atoms with E-state index in [9.17, 15) is 0 Å². The molecule has 0 aliphatic rings. The van der Waals surface area contributed by atoms with E-state index >= 15 is 0 Å². The van der Waals surface area contributed by atoms with Gasteiger partial charge in [0.05, 0.1) is 16.7 Å². The van der Waals surface area contributed by atoms with E-state index in [1.54, 1.807) is 0 Å². The topological polar surface area (TPSA) is 8.17 Å². The normalized spacial score (nSPS) is 11.8. The van der Waals surface area contributed by atoms with Crippen molar-refractivity contribution in [2.24, 2.45) is 0 Å². The Morgan fingerprint density at radius 1 is 0.364 bits per heavy atom. The van der Waals surface area contributed by atoms with Crippen molar-refractivity contribution < 1.29 is 0 Å². The number of aryl methyl sites for hydroxylation is 2. The summed E-state index contributed by atoms with van der Waals surface area (Å²) in [7, 11) is 0. The predicted octanol–water partition coefficient (Wildman–Crippen LogP) is 18.6. The fourth-order valence-electron chi connectivity index (χ4n) is 10.5. The summed E-state index contributed by atoms with van der Waals surface area (Å²) >= 11 is 3.76. The zero-order valence-electron chi connectivity index (χ0n) is 36.5. The van der Waals surface area contributed by atoms with Gasteiger partial charge < -0.3 is 9.47 Å². The summed E-state index contributed by atoms with van der Waals surface area (Å²) in [4.78, 5) is 2.50. The van der Waals surface area contributed by atoms with Gasteiger partial charge in [-0.15, -0.1) is 22.7 Å². The van der Waals surface area contributed by atoms with Crippen LogP contribution < -0.4 is 4.90 Å². The molecule has 0 radical (unpaired) electrons. The minimum atomic E-state index is 1.13. The summed E-state index contributed by atoms with van der Waals surface area (Å²) in [6.07, 6.45) is 0. The second-order valence-electron chi connectivity index (χ2n) is 17.3. The molecule has 3 aromatic heterocycles. The van der Waals surface area contributed by atoms with Crippen LogP contribution >= 0.6 is 22.7 Å². The smallest absolute Gasteiger partial charge is 0.0555 e. The lowest BCUT2D eigenvalue weighted by atomic mass is 9.94. The van der Waals surface area contributed by atoms with Crippen LogP contribution in [-0.4, -0.2) is 4.57 Å². The first-order valence-electron chi connectivity index (χ1n) is 22.6. The molecule has 4 heteroatoms. The highest BCUT2D eigenvalue weighted by atomic mass is 32.1. The molecule has 0 saturated heterocycles. The molecule has 3 heterocycles. The molecule has 13 aromatic rings. The molecule has 0 N–H and O–H groups in total. The Hall–Kier alpha value is -7.76. The van der Waals surface area contributed by atoms with E-state index in [0.717, 1.165) is 22.7 Å². The molecule has 0 fully saturated rings. The van der Waals surface area contributed by atoms with Crippen molar-refractivity contribution in [2.75, 3.05) is 4.90 Å². The molecular weight excluding hydrogens is 837 g/mol. The van der Waals surface area contributed by atoms with Crippen LogP contribution in [0.4, 0.5) is 17.1 Å². The summed E-state index contributed by atoms with van der Waals surface area (Å²) in [5, 5.41) is 7.71. The van der Waals surface area contributed by atoms with Gasteiger partial charge in [-0.1, -0.05) is 146 Å². The van der Waals surface area contributed by atoms with E-state index in [4.69, 9.17) is 0 Å². The lowest BCUT2D eigenvalue weighted by molar-refractivity contribution is 1.18. The summed E-state index contributed by atoms with van der Waals surface area (Å²) in [5.74, 6) is 0. The number of hydrogen-bond donors (Lipinski definition) is 0. The van der Waals surface area contributed by atoms with Crippen LogP contribution in [0.3, 0.4) is 0 Å². The number of para-hydroxylation sites is 2. The Balaban J connectivity index is 1.02. The molecule has 0 unspecified atom stereocenters. The van der Waals surface area contributed by atoms with Gasteiger partial charge in [0.25, 0.3) is 0 Å². The van der Waals surface area contributed by atoms with Crippen molar-refractivity contribution in [1.82, 2.24) is 4.57 Å². The molecule has 0 saturated carbocycles. The zero-order chi connectivity index (χ0) is 43.9. The first-order valence-corrected chi connectivity index (χ1v) is 24.2. The maximum Gasteiger partial charge on any atom is 0.0555 e. The first-order chi connectivity index (χ1) is 32.6. The van der Waals surface area contributed by atoms with E-state index in [1.165, 1.54) is 107 Å². The van der Waals surface area contributed by atoms with Crippen LogP contribution in [0.25, 0.3) is 101 Å². The van der Waals surface area contributed by atoms with Crippen molar-refractivity contribution in [1.29, 1.82) is 0 Å². The van der Waals surface area contributed by atoms with Gasteiger partial charge in [-0.3, -0.25) is 0 Å². The lowest BCUT2D eigenvalue weighted by Crippen LogP contribution is -2.11. The number of thiophene rings is 2. The fourth-order valence-corrected chi connectivity index (χ4v) is 12.9. The molecule has 0 amide bonds. The minimum Gasteiger partial charge on any atom is -0.310 e. The second-order valence-corrected chi connectivity index (χ2v) is 19.5. The summed E-state index contributed by atoms with van der Waals surface area (Å²) < 4.78 is 7.61. The Bertz CT molecular complexity index is 3980. The number of nitrogens with zero attached hydrogens (tertiary/aromatic N) is 2. The molecular formula is C62H42N2S2. The SMILES string of the molecule is Cc1cc(N(c2ccc(-c3cccc4sc5ccccc5c34)c(C)c2)c2ccc(-c3cccc(-n4c5ccccc5c5ccccc54)c3)c3sc4ccccc4c23)ccc1-c1ccccc1. The number of aromatic nitrogens is 1. The number of hydrogen-bond acceptors (Lipinski definition) is 3. The Labute approximate surface area is 391 Å². The molecule has 0 bridgehead atoms. The second kappa shape index (κ2) is 15.5. The summed E-state index contributed by atoms with van der Waals surface area (Å²) in [6, 6.07) is 80.7. The van der Waals surface area contributed by atoms with Crippen molar-refractivity contribution in [3.8, 4) is 39.1 Å². The Morgan fingerprint density at radius 2 is 0.909 bits per heavy atom. The predicted molar refractivity (Wildman–Crippen MR) is 287 cm³/mol. The van der Waals surface area contributed by atoms with E-state index in [2.05, 4.69) is 242 Å².